The normalized spacial score (nSPS) is 17.2. The van der Waals surface area contributed by atoms with Gasteiger partial charge in [0.05, 0.1) is 12.6 Å². The number of halogens is 2. The molecule has 5 nitrogen and oxygen atoms in total. The maximum Gasteiger partial charge on any atom is 0.320 e. The van der Waals surface area contributed by atoms with Crippen LogP contribution in [0.15, 0.2) is 54.6 Å². The molecule has 0 aliphatic carbocycles. The summed E-state index contributed by atoms with van der Waals surface area (Å²) in [6.07, 6.45) is 2.06. The summed E-state index contributed by atoms with van der Waals surface area (Å²) in [5.74, 6) is -1.55. The highest BCUT2D eigenvalue weighted by molar-refractivity contribution is 5.83. The Bertz CT molecular complexity index is 976. The summed E-state index contributed by atoms with van der Waals surface area (Å²) in [5, 5.41) is 0. The highest BCUT2D eigenvalue weighted by Gasteiger charge is 2.45. The van der Waals surface area contributed by atoms with E-state index in [1.807, 2.05) is 44.2 Å². The molecule has 1 unspecified atom stereocenters. The Labute approximate surface area is 188 Å². The zero-order valence-electron chi connectivity index (χ0n) is 19.2. The van der Waals surface area contributed by atoms with E-state index in [1.54, 1.807) is 25.1 Å². The second kappa shape index (κ2) is 10.9. The molecule has 2 aromatic rings. The molecular formula is C25H30F2N2O3. The van der Waals surface area contributed by atoms with Crippen LogP contribution in [-0.2, 0) is 15.1 Å². The van der Waals surface area contributed by atoms with Gasteiger partial charge in [-0.05, 0) is 41.8 Å². The van der Waals surface area contributed by atoms with E-state index >= 15 is 0 Å². The molecule has 0 aromatic heterocycles. The standard InChI is InChI=1S/C23H24F2N2O3.C2H6/c1-26(2)22(29)27-15-16(19-13-18(24)9-10-20(19)25)14-23(27,12-11-21(28)30-3)17-7-5-4-6-8-17;1-2/h4-10,13-14H,11-12,15H2,1-3H3;1-2H3. The minimum Gasteiger partial charge on any atom is -0.469 e. The van der Waals surface area contributed by atoms with Crippen molar-refractivity contribution in [1.29, 1.82) is 0 Å². The second-order valence-corrected chi connectivity index (χ2v) is 7.42. The molecule has 0 saturated carbocycles. The molecule has 3 rings (SSSR count). The Balaban J connectivity index is 0.00000176. The van der Waals surface area contributed by atoms with Crippen molar-refractivity contribution in [2.45, 2.75) is 32.2 Å². The number of carbonyl (C=O) groups is 2. The average Bonchev–Trinajstić information content (AvgIpc) is 3.20. The van der Waals surface area contributed by atoms with Gasteiger partial charge in [-0.2, -0.15) is 0 Å². The molecular weight excluding hydrogens is 414 g/mol. The average molecular weight is 445 g/mol. The van der Waals surface area contributed by atoms with Crippen molar-refractivity contribution in [3.8, 4) is 0 Å². The lowest BCUT2D eigenvalue weighted by molar-refractivity contribution is -0.141. The van der Waals surface area contributed by atoms with E-state index in [1.165, 1.54) is 12.0 Å². The van der Waals surface area contributed by atoms with Crippen LogP contribution in [0, 0.1) is 11.6 Å². The van der Waals surface area contributed by atoms with Crippen LogP contribution in [0.2, 0.25) is 0 Å². The van der Waals surface area contributed by atoms with E-state index in [9.17, 15) is 18.4 Å². The van der Waals surface area contributed by atoms with Crippen LogP contribution in [0.1, 0.15) is 37.8 Å². The van der Waals surface area contributed by atoms with Gasteiger partial charge in [0, 0.05) is 32.6 Å². The maximum atomic E-state index is 14.5. The Morgan fingerprint density at radius 3 is 2.34 bits per heavy atom. The third-order valence-electron chi connectivity index (χ3n) is 5.32. The molecule has 1 aliphatic heterocycles. The number of hydrogen-bond donors (Lipinski definition) is 0. The molecule has 0 saturated heterocycles. The molecule has 0 N–H and O–H groups in total. The lowest BCUT2D eigenvalue weighted by Crippen LogP contribution is -2.49. The number of hydrogen-bond acceptors (Lipinski definition) is 3. The molecule has 2 amide bonds. The minimum absolute atomic E-state index is 0.0536. The quantitative estimate of drug-likeness (QED) is 0.594. The molecule has 172 valence electrons. The molecule has 0 radical (unpaired) electrons. The Morgan fingerprint density at radius 1 is 1.09 bits per heavy atom. The number of nitrogens with zero attached hydrogens (tertiary/aromatic N) is 2. The van der Waals surface area contributed by atoms with E-state index < -0.39 is 23.1 Å². The van der Waals surface area contributed by atoms with Crippen LogP contribution < -0.4 is 0 Å². The number of amides is 2. The summed E-state index contributed by atoms with van der Waals surface area (Å²) in [6, 6.07) is 12.2. The Kier molecular flexibility index (Phi) is 8.52. The first kappa shape index (κ1) is 25.0. The summed E-state index contributed by atoms with van der Waals surface area (Å²) < 4.78 is 33.2. The van der Waals surface area contributed by atoms with Gasteiger partial charge in [-0.15, -0.1) is 0 Å². The van der Waals surface area contributed by atoms with Gasteiger partial charge in [0.15, 0.2) is 0 Å². The fourth-order valence-electron chi connectivity index (χ4n) is 3.82. The highest BCUT2D eigenvalue weighted by Crippen LogP contribution is 2.44. The zero-order chi connectivity index (χ0) is 23.9. The molecule has 0 fully saturated rings. The van der Waals surface area contributed by atoms with E-state index in [4.69, 9.17) is 4.74 Å². The van der Waals surface area contributed by atoms with Crippen molar-refractivity contribution in [1.82, 2.24) is 9.80 Å². The Hall–Kier alpha value is -3.22. The lowest BCUT2D eigenvalue weighted by atomic mass is 9.84. The van der Waals surface area contributed by atoms with E-state index in [2.05, 4.69) is 0 Å². The van der Waals surface area contributed by atoms with Gasteiger partial charge in [-0.1, -0.05) is 44.2 Å². The monoisotopic (exact) mass is 444 g/mol. The summed E-state index contributed by atoms with van der Waals surface area (Å²) >= 11 is 0. The minimum atomic E-state index is -1.01. The van der Waals surface area contributed by atoms with Crippen LogP contribution in [0.25, 0.3) is 5.57 Å². The zero-order valence-corrected chi connectivity index (χ0v) is 19.2. The van der Waals surface area contributed by atoms with Gasteiger partial charge in [-0.25, -0.2) is 13.6 Å². The number of rotatable bonds is 5. The fraction of sp³-hybridized carbons (Fsp3) is 0.360. The highest BCUT2D eigenvalue weighted by atomic mass is 19.1. The molecule has 1 atom stereocenters. The number of carbonyl (C=O) groups excluding carboxylic acids is 2. The predicted octanol–water partition coefficient (Wildman–Crippen LogP) is 5.22. The number of methoxy groups -OCH3 is 1. The molecule has 7 heteroatoms. The van der Waals surface area contributed by atoms with Gasteiger partial charge < -0.3 is 14.5 Å². The van der Waals surface area contributed by atoms with E-state index in [0.717, 1.165) is 23.8 Å². The van der Waals surface area contributed by atoms with Crippen LogP contribution in [0.4, 0.5) is 13.6 Å². The van der Waals surface area contributed by atoms with E-state index in [0.29, 0.717) is 5.57 Å². The first-order chi connectivity index (χ1) is 15.3. The topological polar surface area (TPSA) is 49.9 Å². The maximum absolute atomic E-state index is 14.5. The van der Waals surface area contributed by atoms with Crippen molar-refractivity contribution in [2.75, 3.05) is 27.7 Å². The number of esters is 1. The molecule has 1 heterocycles. The second-order valence-electron chi connectivity index (χ2n) is 7.42. The SMILES string of the molecule is CC.COC(=O)CCC1(c2ccccc2)C=C(c2cc(F)ccc2F)CN1C(=O)N(C)C. The number of ether oxygens (including phenoxy) is 1. The first-order valence-electron chi connectivity index (χ1n) is 10.6. The summed E-state index contributed by atoms with van der Waals surface area (Å²) in [6.45, 7) is 4.08. The smallest absolute Gasteiger partial charge is 0.320 e. The fourth-order valence-corrected chi connectivity index (χ4v) is 3.82. The van der Waals surface area contributed by atoms with E-state index in [-0.39, 0.29) is 31.0 Å². The predicted molar refractivity (Wildman–Crippen MR) is 121 cm³/mol. The number of benzene rings is 2. The van der Waals surface area contributed by atoms with Crippen molar-refractivity contribution < 1.29 is 23.1 Å². The van der Waals surface area contributed by atoms with Crippen LogP contribution in [0.3, 0.4) is 0 Å². The largest absolute Gasteiger partial charge is 0.469 e. The van der Waals surface area contributed by atoms with Crippen molar-refractivity contribution in [2.24, 2.45) is 0 Å². The van der Waals surface area contributed by atoms with Gasteiger partial charge in [0.25, 0.3) is 0 Å². The first-order valence-corrected chi connectivity index (χ1v) is 10.6. The van der Waals surface area contributed by atoms with Crippen LogP contribution in [-0.4, -0.2) is 49.6 Å². The van der Waals surface area contributed by atoms with Gasteiger partial charge in [0.2, 0.25) is 0 Å². The summed E-state index contributed by atoms with van der Waals surface area (Å²) in [7, 11) is 4.55. The molecule has 0 bridgehead atoms. The lowest BCUT2D eigenvalue weighted by Gasteiger charge is -2.39. The van der Waals surface area contributed by atoms with Gasteiger partial charge in [0.1, 0.15) is 11.6 Å². The van der Waals surface area contributed by atoms with Gasteiger partial charge in [-0.3, -0.25) is 4.79 Å². The third-order valence-corrected chi connectivity index (χ3v) is 5.32. The third kappa shape index (κ3) is 5.15. The van der Waals surface area contributed by atoms with Gasteiger partial charge >= 0.3 is 12.0 Å². The van der Waals surface area contributed by atoms with Crippen molar-refractivity contribution in [3.05, 3.63) is 77.4 Å². The summed E-state index contributed by atoms with van der Waals surface area (Å²) in [4.78, 5) is 28.1. The summed E-state index contributed by atoms with van der Waals surface area (Å²) in [5.41, 5.74) is 0.347. The van der Waals surface area contributed by atoms with Crippen molar-refractivity contribution >= 4 is 17.6 Å². The Morgan fingerprint density at radius 2 is 1.75 bits per heavy atom. The van der Waals surface area contributed by atoms with Crippen LogP contribution in [0.5, 0.6) is 0 Å². The molecule has 0 spiro atoms. The molecule has 1 aliphatic rings. The molecule has 32 heavy (non-hydrogen) atoms. The molecule has 2 aromatic carbocycles. The number of urea groups is 1. The van der Waals surface area contributed by atoms with Crippen molar-refractivity contribution in [3.63, 3.8) is 0 Å². The van der Waals surface area contributed by atoms with Crippen LogP contribution >= 0.6 is 0 Å².